The standard InChI is InChI=1S/C13H10BrN3O3/c14-10-5-2-6-11(12(10)13(15)16)20-9-4-1-3-8(7-9)17(18)19/h1-7H,(H3,15,16). The Morgan fingerprint density at radius 3 is 2.65 bits per heavy atom. The molecule has 0 aliphatic heterocycles. The van der Waals surface area contributed by atoms with Crippen LogP contribution in [0.15, 0.2) is 46.9 Å². The lowest BCUT2D eigenvalue weighted by molar-refractivity contribution is -0.384. The van der Waals surface area contributed by atoms with Gasteiger partial charge in [-0.25, -0.2) is 0 Å². The van der Waals surface area contributed by atoms with Crippen LogP contribution in [0.5, 0.6) is 11.5 Å². The molecule has 0 fully saturated rings. The highest BCUT2D eigenvalue weighted by Gasteiger charge is 2.13. The summed E-state index contributed by atoms with van der Waals surface area (Å²) in [5, 5.41) is 18.3. The molecule has 102 valence electrons. The Kier molecular flexibility index (Phi) is 3.99. The van der Waals surface area contributed by atoms with E-state index in [1.165, 1.54) is 18.2 Å². The van der Waals surface area contributed by atoms with Crippen molar-refractivity contribution < 1.29 is 9.66 Å². The molecule has 0 saturated carbocycles. The van der Waals surface area contributed by atoms with Crippen LogP contribution in [0.4, 0.5) is 5.69 Å². The van der Waals surface area contributed by atoms with E-state index in [-0.39, 0.29) is 11.5 Å². The molecule has 20 heavy (non-hydrogen) atoms. The van der Waals surface area contributed by atoms with Crippen LogP contribution in [0.2, 0.25) is 0 Å². The number of nitrogens with zero attached hydrogens (tertiary/aromatic N) is 1. The summed E-state index contributed by atoms with van der Waals surface area (Å²) in [6, 6.07) is 10.9. The van der Waals surface area contributed by atoms with Gasteiger partial charge in [0.1, 0.15) is 17.3 Å². The number of benzene rings is 2. The van der Waals surface area contributed by atoms with E-state index in [4.69, 9.17) is 15.9 Å². The summed E-state index contributed by atoms with van der Waals surface area (Å²) in [6.45, 7) is 0. The molecule has 0 saturated heterocycles. The maximum absolute atomic E-state index is 10.7. The predicted molar refractivity (Wildman–Crippen MR) is 78.3 cm³/mol. The molecule has 0 heterocycles. The van der Waals surface area contributed by atoms with Gasteiger partial charge in [0.25, 0.3) is 5.69 Å². The van der Waals surface area contributed by atoms with Gasteiger partial charge in [-0.1, -0.05) is 12.1 Å². The van der Waals surface area contributed by atoms with Crippen LogP contribution in [-0.2, 0) is 0 Å². The Labute approximate surface area is 123 Å². The molecular weight excluding hydrogens is 326 g/mol. The molecule has 7 heteroatoms. The van der Waals surface area contributed by atoms with Crippen molar-refractivity contribution in [1.29, 1.82) is 5.41 Å². The summed E-state index contributed by atoms with van der Waals surface area (Å²) < 4.78 is 6.21. The normalized spacial score (nSPS) is 10.1. The molecule has 3 N–H and O–H groups in total. The van der Waals surface area contributed by atoms with Gasteiger partial charge in [0.2, 0.25) is 0 Å². The molecule has 6 nitrogen and oxygen atoms in total. The second-order valence-electron chi connectivity index (χ2n) is 3.88. The summed E-state index contributed by atoms with van der Waals surface area (Å²) in [5.41, 5.74) is 5.85. The smallest absolute Gasteiger partial charge is 0.273 e. The number of hydrogen-bond donors (Lipinski definition) is 2. The molecule has 0 spiro atoms. The highest BCUT2D eigenvalue weighted by molar-refractivity contribution is 9.10. The molecule has 2 rings (SSSR count). The number of nitrogens with two attached hydrogens (primary N) is 1. The monoisotopic (exact) mass is 335 g/mol. The Hall–Kier alpha value is -2.41. The maximum Gasteiger partial charge on any atom is 0.273 e. The first kappa shape index (κ1) is 14.0. The third kappa shape index (κ3) is 2.94. The van der Waals surface area contributed by atoms with Gasteiger partial charge < -0.3 is 10.5 Å². The van der Waals surface area contributed by atoms with Gasteiger partial charge in [-0.05, 0) is 34.1 Å². The quantitative estimate of drug-likeness (QED) is 0.386. The third-order valence-electron chi connectivity index (χ3n) is 2.50. The van der Waals surface area contributed by atoms with Crippen LogP contribution in [0.3, 0.4) is 0 Å². The molecular formula is C13H10BrN3O3. The maximum atomic E-state index is 10.7. The highest BCUT2D eigenvalue weighted by atomic mass is 79.9. The summed E-state index contributed by atoms with van der Waals surface area (Å²) in [6.07, 6.45) is 0. The summed E-state index contributed by atoms with van der Waals surface area (Å²) in [5.74, 6) is 0.505. The van der Waals surface area contributed by atoms with E-state index < -0.39 is 4.92 Å². The summed E-state index contributed by atoms with van der Waals surface area (Å²) >= 11 is 3.29. The van der Waals surface area contributed by atoms with Crippen LogP contribution >= 0.6 is 15.9 Å². The van der Waals surface area contributed by atoms with Crippen molar-refractivity contribution in [2.45, 2.75) is 0 Å². The lowest BCUT2D eigenvalue weighted by atomic mass is 10.2. The fourth-order valence-corrected chi connectivity index (χ4v) is 2.20. The molecule has 0 radical (unpaired) electrons. The third-order valence-corrected chi connectivity index (χ3v) is 3.16. The van der Waals surface area contributed by atoms with Crippen molar-refractivity contribution in [3.63, 3.8) is 0 Å². The van der Waals surface area contributed by atoms with E-state index in [1.807, 2.05) is 0 Å². The molecule has 0 unspecified atom stereocenters. The number of halogens is 1. The lowest BCUT2D eigenvalue weighted by Crippen LogP contribution is -2.13. The molecule has 0 aliphatic rings. The van der Waals surface area contributed by atoms with Crippen molar-refractivity contribution in [3.05, 3.63) is 62.6 Å². The van der Waals surface area contributed by atoms with Crippen molar-refractivity contribution in [2.24, 2.45) is 5.73 Å². The van der Waals surface area contributed by atoms with Gasteiger partial charge in [-0.3, -0.25) is 15.5 Å². The topological polar surface area (TPSA) is 102 Å². The van der Waals surface area contributed by atoms with Crippen LogP contribution in [0.1, 0.15) is 5.56 Å². The van der Waals surface area contributed by atoms with E-state index in [0.717, 1.165) is 0 Å². The highest BCUT2D eigenvalue weighted by Crippen LogP contribution is 2.31. The second kappa shape index (κ2) is 5.70. The van der Waals surface area contributed by atoms with Crippen molar-refractivity contribution in [2.75, 3.05) is 0 Å². The molecule has 0 amide bonds. The number of nitrogen functional groups attached to an aromatic ring is 1. The van der Waals surface area contributed by atoms with Gasteiger partial charge in [-0.2, -0.15) is 0 Å². The van der Waals surface area contributed by atoms with Gasteiger partial charge >= 0.3 is 0 Å². The molecule has 2 aromatic carbocycles. The first-order chi connectivity index (χ1) is 9.49. The van der Waals surface area contributed by atoms with E-state index in [1.54, 1.807) is 24.3 Å². The van der Waals surface area contributed by atoms with Crippen molar-refractivity contribution >= 4 is 27.5 Å². The van der Waals surface area contributed by atoms with E-state index in [2.05, 4.69) is 15.9 Å². The molecule has 0 bridgehead atoms. The predicted octanol–water partition coefficient (Wildman–Crippen LogP) is 3.43. The Morgan fingerprint density at radius 1 is 1.30 bits per heavy atom. The Bertz CT molecular complexity index is 688. The van der Waals surface area contributed by atoms with Crippen molar-refractivity contribution in [1.82, 2.24) is 0 Å². The van der Waals surface area contributed by atoms with Crippen LogP contribution in [0.25, 0.3) is 0 Å². The van der Waals surface area contributed by atoms with Gasteiger partial charge in [0, 0.05) is 10.5 Å². The number of ether oxygens (including phenoxy) is 1. The minimum absolute atomic E-state index is 0.0677. The fraction of sp³-hybridized carbons (Fsp3) is 0. The molecule has 0 aliphatic carbocycles. The lowest BCUT2D eigenvalue weighted by Gasteiger charge is -2.11. The number of hydrogen-bond acceptors (Lipinski definition) is 4. The largest absolute Gasteiger partial charge is 0.456 e. The fourth-order valence-electron chi connectivity index (χ4n) is 1.64. The van der Waals surface area contributed by atoms with Crippen LogP contribution < -0.4 is 10.5 Å². The minimum Gasteiger partial charge on any atom is -0.456 e. The second-order valence-corrected chi connectivity index (χ2v) is 4.74. The van der Waals surface area contributed by atoms with Gasteiger partial charge in [0.15, 0.2) is 0 Å². The van der Waals surface area contributed by atoms with Crippen LogP contribution in [0, 0.1) is 15.5 Å². The summed E-state index contributed by atoms with van der Waals surface area (Å²) in [4.78, 5) is 10.2. The Balaban J connectivity index is 2.40. The molecule has 0 atom stereocenters. The average Bonchev–Trinajstić information content (AvgIpc) is 2.38. The number of nitrogens with one attached hydrogen (secondary N) is 1. The molecule has 0 aromatic heterocycles. The van der Waals surface area contributed by atoms with Crippen molar-refractivity contribution in [3.8, 4) is 11.5 Å². The average molecular weight is 336 g/mol. The van der Waals surface area contributed by atoms with Gasteiger partial charge in [0.05, 0.1) is 16.6 Å². The van der Waals surface area contributed by atoms with E-state index >= 15 is 0 Å². The van der Waals surface area contributed by atoms with Crippen LogP contribution in [-0.4, -0.2) is 10.8 Å². The molecule has 2 aromatic rings. The first-order valence-corrected chi connectivity index (χ1v) is 6.33. The number of nitro benzene ring substituents is 1. The zero-order chi connectivity index (χ0) is 14.7. The number of rotatable bonds is 4. The number of nitro groups is 1. The van der Waals surface area contributed by atoms with E-state index in [9.17, 15) is 10.1 Å². The minimum atomic E-state index is -0.500. The number of non-ortho nitro benzene ring substituents is 1. The van der Waals surface area contributed by atoms with Gasteiger partial charge in [-0.15, -0.1) is 0 Å². The van der Waals surface area contributed by atoms with E-state index in [0.29, 0.717) is 21.5 Å². The Morgan fingerprint density at radius 2 is 2.00 bits per heavy atom. The first-order valence-electron chi connectivity index (χ1n) is 5.54. The summed E-state index contributed by atoms with van der Waals surface area (Å²) in [7, 11) is 0. The SMILES string of the molecule is N=C(N)c1c(Br)cccc1Oc1cccc([N+](=O)[O-])c1. The zero-order valence-corrected chi connectivity index (χ0v) is 11.8. The zero-order valence-electron chi connectivity index (χ0n) is 10.2. The number of amidine groups is 1.